The van der Waals surface area contributed by atoms with Crippen LogP contribution in [0.4, 0.5) is 11.4 Å². The molecule has 0 unspecified atom stereocenters. The molecule has 0 saturated heterocycles. The van der Waals surface area contributed by atoms with Gasteiger partial charge in [-0.05, 0) is 61.9 Å². The standard InChI is InChI=1S/C26H26N6O3S/c1-17-6-4-5-7-22(17)29-25(34)18(2)32-26(30-24(31-32)19-12-14-27-15-13-19)36-16-23(33)28-20-8-10-21(35-3)11-9-20/h4-15,18H,16H2,1-3H3,(H,28,33)(H,29,34)/t18-/m0/s1. The van der Waals surface area contributed by atoms with Gasteiger partial charge in [0.1, 0.15) is 11.8 Å². The van der Waals surface area contributed by atoms with Crippen molar-refractivity contribution >= 4 is 35.0 Å². The van der Waals surface area contributed by atoms with Gasteiger partial charge in [0.25, 0.3) is 0 Å². The third-order valence-corrected chi connectivity index (χ3v) is 6.34. The largest absolute Gasteiger partial charge is 0.497 e. The summed E-state index contributed by atoms with van der Waals surface area (Å²) in [7, 11) is 1.59. The normalized spacial score (nSPS) is 11.5. The molecule has 184 valence electrons. The highest BCUT2D eigenvalue weighted by Crippen LogP contribution is 2.26. The molecule has 0 bridgehead atoms. The van der Waals surface area contributed by atoms with Gasteiger partial charge in [-0.1, -0.05) is 30.0 Å². The number of ether oxygens (including phenoxy) is 1. The maximum absolute atomic E-state index is 13.1. The highest BCUT2D eigenvalue weighted by Gasteiger charge is 2.23. The topological polar surface area (TPSA) is 111 Å². The van der Waals surface area contributed by atoms with Gasteiger partial charge < -0.3 is 15.4 Å². The first-order valence-electron chi connectivity index (χ1n) is 11.2. The van der Waals surface area contributed by atoms with Gasteiger partial charge in [0.05, 0.1) is 12.9 Å². The van der Waals surface area contributed by atoms with Crippen LogP contribution in [0.15, 0.2) is 78.2 Å². The molecule has 4 rings (SSSR count). The molecule has 2 heterocycles. The highest BCUT2D eigenvalue weighted by molar-refractivity contribution is 7.99. The maximum atomic E-state index is 13.1. The van der Waals surface area contributed by atoms with E-state index in [4.69, 9.17) is 4.74 Å². The molecule has 2 aromatic heterocycles. The van der Waals surface area contributed by atoms with Crippen LogP contribution in [0.2, 0.25) is 0 Å². The number of hydrogen-bond acceptors (Lipinski definition) is 7. The van der Waals surface area contributed by atoms with Crippen LogP contribution >= 0.6 is 11.8 Å². The van der Waals surface area contributed by atoms with Crippen LogP contribution in [-0.4, -0.2) is 44.4 Å². The Morgan fingerprint density at radius 3 is 2.44 bits per heavy atom. The quantitative estimate of drug-likeness (QED) is 0.322. The minimum absolute atomic E-state index is 0.0899. The van der Waals surface area contributed by atoms with Crippen molar-refractivity contribution in [1.82, 2.24) is 19.7 Å². The highest BCUT2D eigenvalue weighted by atomic mass is 32.2. The lowest BCUT2D eigenvalue weighted by Crippen LogP contribution is -2.25. The molecule has 2 amide bonds. The second-order valence-corrected chi connectivity index (χ2v) is 8.89. The third kappa shape index (κ3) is 6.08. The van der Waals surface area contributed by atoms with Crippen molar-refractivity contribution in [3.63, 3.8) is 0 Å². The average molecular weight is 503 g/mol. The summed E-state index contributed by atoms with van der Waals surface area (Å²) >= 11 is 1.21. The number of amides is 2. The van der Waals surface area contributed by atoms with E-state index in [0.29, 0.717) is 22.4 Å². The predicted octanol–water partition coefficient (Wildman–Crippen LogP) is 4.59. The minimum atomic E-state index is -0.667. The molecular weight excluding hydrogens is 476 g/mol. The minimum Gasteiger partial charge on any atom is -0.497 e. The zero-order valence-electron chi connectivity index (χ0n) is 20.1. The van der Waals surface area contributed by atoms with E-state index >= 15 is 0 Å². The smallest absolute Gasteiger partial charge is 0.249 e. The van der Waals surface area contributed by atoms with E-state index in [-0.39, 0.29) is 17.6 Å². The van der Waals surface area contributed by atoms with Crippen LogP contribution in [0.1, 0.15) is 18.5 Å². The summed E-state index contributed by atoms with van der Waals surface area (Å²) in [6, 6.07) is 17.6. The summed E-state index contributed by atoms with van der Waals surface area (Å²) in [5.41, 5.74) is 3.11. The molecule has 0 aliphatic heterocycles. The van der Waals surface area contributed by atoms with Crippen molar-refractivity contribution in [1.29, 1.82) is 0 Å². The molecule has 0 fully saturated rings. The molecule has 0 aliphatic rings. The number of pyridine rings is 1. The number of carbonyl (C=O) groups is 2. The Hall–Kier alpha value is -4.18. The molecule has 0 saturated carbocycles. The van der Waals surface area contributed by atoms with Gasteiger partial charge >= 0.3 is 0 Å². The number of nitrogens with zero attached hydrogens (tertiary/aromatic N) is 4. The Morgan fingerprint density at radius 1 is 1.03 bits per heavy atom. The summed E-state index contributed by atoms with van der Waals surface area (Å²) in [6.45, 7) is 3.68. The molecule has 36 heavy (non-hydrogen) atoms. The number of anilines is 2. The van der Waals surface area contributed by atoms with Crippen LogP contribution < -0.4 is 15.4 Å². The number of hydrogen-bond donors (Lipinski definition) is 2. The van der Waals surface area contributed by atoms with Gasteiger partial charge in [-0.15, -0.1) is 5.10 Å². The molecule has 0 aliphatic carbocycles. The van der Waals surface area contributed by atoms with Gasteiger partial charge in [0, 0.05) is 29.3 Å². The molecule has 1 atom stereocenters. The van der Waals surface area contributed by atoms with Crippen LogP contribution in [0.3, 0.4) is 0 Å². The second-order valence-electron chi connectivity index (χ2n) is 7.94. The van der Waals surface area contributed by atoms with Gasteiger partial charge in [0.15, 0.2) is 11.0 Å². The van der Waals surface area contributed by atoms with E-state index < -0.39 is 6.04 Å². The zero-order chi connectivity index (χ0) is 25.5. The van der Waals surface area contributed by atoms with Gasteiger partial charge in [-0.25, -0.2) is 9.67 Å². The van der Waals surface area contributed by atoms with E-state index in [0.717, 1.165) is 16.8 Å². The fraction of sp³-hybridized carbons (Fsp3) is 0.192. The number of thioether (sulfide) groups is 1. The Kier molecular flexibility index (Phi) is 7.96. The number of para-hydroxylation sites is 1. The Bertz CT molecular complexity index is 1340. The summed E-state index contributed by atoms with van der Waals surface area (Å²) in [4.78, 5) is 34.3. The molecule has 9 nitrogen and oxygen atoms in total. The first-order valence-corrected chi connectivity index (χ1v) is 12.2. The second kappa shape index (κ2) is 11.5. The first-order chi connectivity index (χ1) is 17.4. The van der Waals surface area contributed by atoms with Crippen molar-refractivity contribution in [2.45, 2.75) is 25.0 Å². The number of aryl methyl sites for hydroxylation is 1. The molecular formula is C26H26N6O3S. The van der Waals surface area contributed by atoms with E-state index in [9.17, 15) is 9.59 Å². The molecule has 2 aromatic carbocycles. The predicted molar refractivity (Wildman–Crippen MR) is 140 cm³/mol. The summed E-state index contributed by atoms with van der Waals surface area (Å²) < 4.78 is 6.70. The summed E-state index contributed by atoms with van der Waals surface area (Å²) in [5, 5.41) is 10.9. The monoisotopic (exact) mass is 502 g/mol. The number of rotatable bonds is 9. The summed E-state index contributed by atoms with van der Waals surface area (Å²) in [5.74, 6) is 0.803. The average Bonchev–Trinajstić information content (AvgIpc) is 3.33. The Morgan fingerprint density at radius 2 is 1.75 bits per heavy atom. The van der Waals surface area contributed by atoms with Crippen LogP contribution in [0.5, 0.6) is 5.75 Å². The fourth-order valence-electron chi connectivity index (χ4n) is 3.35. The fourth-order valence-corrected chi connectivity index (χ4v) is 4.16. The van der Waals surface area contributed by atoms with Gasteiger partial charge in [0.2, 0.25) is 11.8 Å². The lowest BCUT2D eigenvalue weighted by molar-refractivity contribution is -0.119. The van der Waals surface area contributed by atoms with E-state index in [2.05, 4.69) is 25.7 Å². The van der Waals surface area contributed by atoms with Gasteiger partial charge in [-0.3, -0.25) is 14.6 Å². The lowest BCUT2D eigenvalue weighted by Gasteiger charge is -2.15. The molecule has 2 N–H and O–H groups in total. The van der Waals surface area contributed by atoms with Crippen molar-refractivity contribution in [2.75, 3.05) is 23.5 Å². The number of aromatic nitrogens is 4. The Labute approximate surface area is 213 Å². The van der Waals surface area contributed by atoms with Crippen molar-refractivity contribution in [3.05, 3.63) is 78.6 Å². The van der Waals surface area contributed by atoms with Crippen molar-refractivity contribution < 1.29 is 14.3 Å². The number of methoxy groups -OCH3 is 1. The summed E-state index contributed by atoms with van der Waals surface area (Å²) in [6.07, 6.45) is 3.30. The molecule has 0 spiro atoms. The molecule has 4 aromatic rings. The van der Waals surface area contributed by atoms with Crippen LogP contribution in [-0.2, 0) is 9.59 Å². The van der Waals surface area contributed by atoms with Crippen molar-refractivity contribution in [3.8, 4) is 17.1 Å². The molecule has 0 radical (unpaired) electrons. The van der Waals surface area contributed by atoms with Gasteiger partial charge in [-0.2, -0.15) is 0 Å². The maximum Gasteiger partial charge on any atom is 0.249 e. The number of benzene rings is 2. The van der Waals surface area contributed by atoms with E-state index in [1.165, 1.54) is 11.8 Å². The first kappa shape index (κ1) is 24.9. The Balaban J connectivity index is 1.52. The number of nitrogens with one attached hydrogen (secondary N) is 2. The lowest BCUT2D eigenvalue weighted by atomic mass is 10.2. The zero-order valence-corrected chi connectivity index (χ0v) is 21.0. The SMILES string of the molecule is COc1ccc(NC(=O)CSc2nc(-c3ccncc3)nn2[C@@H](C)C(=O)Nc2ccccc2C)cc1. The van der Waals surface area contributed by atoms with E-state index in [1.54, 1.807) is 67.5 Å². The van der Waals surface area contributed by atoms with Crippen LogP contribution in [0, 0.1) is 6.92 Å². The third-order valence-electron chi connectivity index (χ3n) is 5.39. The number of carbonyl (C=O) groups excluding carboxylic acids is 2. The molecule has 10 heteroatoms. The van der Waals surface area contributed by atoms with Crippen molar-refractivity contribution in [2.24, 2.45) is 0 Å². The van der Waals surface area contributed by atoms with E-state index in [1.807, 2.05) is 31.2 Å². The van der Waals surface area contributed by atoms with Crippen LogP contribution in [0.25, 0.3) is 11.4 Å².